The van der Waals surface area contributed by atoms with Crippen LogP contribution >= 0.6 is 11.6 Å². The van der Waals surface area contributed by atoms with Gasteiger partial charge in [-0.25, -0.2) is 4.98 Å². The molecule has 0 aliphatic carbocycles. The van der Waals surface area contributed by atoms with Gasteiger partial charge in [-0.05, 0) is 44.0 Å². The van der Waals surface area contributed by atoms with Crippen LogP contribution in [0.25, 0.3) is 5.65 Å². The summed E-state index contributed by atoms with van der Waals surface area (Å²) in [5, 5.41) is 0.580. The number of carbonyl (C=O) groups excluding carboxylic acids is 1. The first-order valence-electron chi connectivity index (χ1n) is 8.01. The van der Waals surface area contributed by atoms with E-state index in [-0.39, 0.29) is 11.9 Å². The third-order valence-electron chi connectivity index (χ3n) is 4.50. The fourth-order valence-electron chi connectivity index (χ4n) is 3.42. The molecule has 1 aliphatic rings. The largest absolute Gasteiger partial charge is 0.329 e. The summed E-state index contributed by atoms with van der Waals surface area (Å²) in [5.74, 6) is -0.0181. The van der Waals surface area contributed by atoms with Gasteiger partial charge in [0.1, 0.15) is 11.3 Å². The number of imidazole rings is 1. The summed E-state index contributed by atoms with van der Waals surface area (Å²) in [7, 11) is 0. The molecule has 1 unspecified atom stereocenters. The third-order valence-corrected chi connectivity index (χ3v) is 4.73. The molecule has 1 atom stereocenters. The molecular weight excluding hydrogens is 324 g/mol. The molecule has 0 aromatic carbocycles. The maximum absolute atomic E-state index is 13.2. The molecule has 0 radical (unpaired) electrons. The van der Waals surface area contributed by atoms with Crippen molar-refractivity contribution in [1.29, 1.82) is 0 Å². The van der Waals surface area contributed by atoms with E-state index in [4.69, 9.17) is 11.6 Å². The minimum Gasteiger partial charge on any atom is -0.329 e. The standard InChI is InChI=1S/C18H17ClN4O/c1-12-17(23-11-13(19)7-8-16(23)21-12)18(24)22-10-4-6-15(22)14-5-2-3-9-20-14/h2-3,5,7-9,11,15H,4,6,10H2,1H3. The van der Waals surface area contributed by atoms with E-state index in [1.807, 2.05) is 36.1 Å². The number of hydrogen-bond donors (Lipinski definition) is 0. The van der Waals surface area contributed by atoms with Crippen LogP contribution < -0.4 is 0 Å². The fraction of sp³-hybridized carbons (Fsp3) is 0.278. The summed E-state index contributed by atoms with van der Waals surface area (Å²) >= 11 is 6.11. The summed E-state index contributed by atoms with van der Waals surface area (Å²) in [5.41, 5.74) is 2.96. The van der Waals surface area contributed by atoms with Gasteiger partial charge in [-0.15, -0.1) is 0 Å². The van der Waals surface area contributed by atoms with E-state index in [0.717, 1.165) is 30.7 Å². The van der Waals surface area contributed by atoms with E-state index in [0.29, 0.717) is 16.4 Å². The van der Waals surface area contributed by atoms with Gasteiger partial charge in [0.15, 0.2) is 0 Å². The van der Waals surface area contributed by atoms with E-state index in [1.54, 1.807) is 22.9 Å². The van der Waals surface area contributed by atoms with Crippen LogP contribution in [0.4, 0.5) is 0 Å². The lowest BCUT2D eigenvalue weighted by Gasteiger charge is -2.24. The van der Waals surface area contributed by atoms with Crippen molar-refractivity contribution in [3.05, 3.63) is 64.8 Å². The van der Waals surface area contributed by atoms with Gasteiger partial charge < -0.3 is 4.90 Å². The molecule has 3 aromatic rings. The van der Waals surface area contributed by atoms with Crippen molar-refractivity contribution in [1.82, 2.24) is 19.3 Å². The van der Waals surface area contributed by atoms with Gasteiger partial charge in [-0.2, -0.15) is 0 Å². The quantitative estimate of drug-likeness (QED) is 0.715. The molecule has 5 nitrogen and oxygen atoms in total. The molecule has 1 amide bonds. The molecular formula is C18H17ClN4O. The van der Waals surface area contributed by atoms with Crippen LogP contribution in [-0.4, -0.2) is 31.7 Å². The summed E-state index contributed by atoms with van der Waals surface area (Å²) in [6.45, 7) is 2.59. The summed E-state index contributed by atoms with van der Waals surface area (Å²) < 4.78 is 1.79. The van der Waals surface area contributed by atoms with Crippen LogP contribution in [0, 0.1) is 6.92 Å². The number of halogens is 1. The molecule has 0 bridgehead atoms. The van der Waals surface area contributed by atoms with Crippen molar-refractivity contribution in [2.45, 2.75) is 25.8 Å². The van der Waals surface area contributed by atoms with Crippen molar-refractivity contribution >= 4 is 23.2 Å². The van der Waals surface area contributed by atoms with E-state index in [9.17, 15) is 4.79 Å². The molecule has 0 spiro atoms. The third kappa shape index (κ3) is 2.45. The van der Waals surface area contributed by atoms with E-state index >= 15 is 0 Å². The number of carbonyl (C=O) groups is 1. The second-order valence-corrected chi connectivity index (χ2v) is 6.47. The van der Waals surface area contributed by atoms with Gasteiger partial charge in [0, 0.05) is 18.9 Å². The first kappa shape index (κ1) is 15.1. The van der Waals surface area contributed by atoms with Gasteiger partial charge in [0.2, 0.25) is 0 Å². The van der Waals surface area contributed by atoms with Gasteiger partial charge in [0.05, 0.1) is 22.5 Å². The molecule has 6 heteroatoms. The topological polar surface area (TPSA) is 50.5 Å². The molecule has 122 valence electrons. The SMILES string of the molecule is Cc1nc2ccc(Cl)cn2c1C(=O)N1CCCC1c1ccccn1. The van der Waals surface area contributed by atoms with Gasteiger partial charge in [0.25, 0.3) is 5.91 Å². The highest BCUT2D eigenvalue weighted by atomic mass is 35.5. The summed E-state index contributed by atoms with van der Waals surface area (Å²) in [6.07, 6.45) is 5.42. The van der Waals surface area contributed by atoms with Crippen LogP contribution in [0.1, 0.15) is 40.8 Å². The molecule has 4 heterocycles. The van der Waals surface area contributed by atoms with E-state index < -0.39 is 0 Å². The summed E-state index contributed by atoms with van der Waals surface area (Å²) in [4.78, 5) is 24.1. The molecule has 0 N–H and O–H groups in total. The highest BCUT2D eigenvalue weighted by Crippen LogP contribution is 2.32. The van der Waals surface area contributed by atoms with Crippen LogP contribution in [-0.2, 0) is 0 Å². The molecule has 24 heavy (non-hydrogen) atoms. The average Bonchev–Trinajstić information content (AvgIpc) is 3.19. The summed E-state index contributed by atoms with van der Waals surface area (Å²) in [6, 6.07) is 9.46. The normalized spacial score (nSPS) is 17.6. The van der Waals surface area contributed by atoms with Gasteiger partial charge in [-0.1, -0.05) is 17.7 Å². The Hall–Kier alpha value is -2.40. The number of aromatic nitrogens is 3. The number of aryl methyl sites for hydroxylation is 1. The smallest absolute Gasteiger partial charge is 0.273 e. The minimum absolute atomic E-state index is 0.0165. The van der Waals surface area contributed by atoms with E-state index in [2.05, 4.69) is 9.97 Å². The highest BCUT2D eigenvalue weighted by molar-refractivity contribution is 6.30. The van der Waals surface area contributed by atoms with Crippen molar-refractivity contribution < 1.29 is 4.79 Å². The first-order chi connectivity index (χ1) is 11.6. The Balaban J connectivity index is 1.76. The highest BCUT2D eigenvalue weighted by Gasteiger charge is 2.33. The maximum atomic E-state index is 13.2. The Kier molecular flexibility index (Phi) is 3.73. The van der Waals surface area contributed by atoms with Crippen LogP contribution in [0.2, 0.25) is 5.02 Å². The Bertz CT molecular complexity index is 906. The van der Waals surface area contributed by atoms with E-state index in [1.165, 1.54) is 0 Å². The van der Waals surface area contributed by atoms with Crippen LogP contribution in [0.5, 0.6) is 0 Å². The molecule has 3 aromatic heterocycles. The first-order valence-corrected chi connectivity index (χ1v) is 8.39. The Labute approximate surface area is 144 Å². The zero-order valence-electron chi connectivity index (χ0n) is 13.3. The zero-order chi connectivity index (χ0) is 16.7. The number of nitrogens with zero attached hydrogens (tertiary/aromatic N) is 4. The fourth-order valence-corrected chi connectivity index (χ4v) is 3.58. The number of amides is 1. The Morgan fingerprint density at radius 2 is 2.17 bits per heavy atom. The lowest BCUT2D eigenvalue weighted by atomic mass is 10.1. The van der Waals surface area contributed by atoms with Gasteiger partial charge in [-0.3, -0.25) is 14.2 Å². The number of pyridine rings is 2. The van der Waals surface area contributed by atoms with Crippen molar-refractivity contribution in [2.24, 2.45) is 0 Å². The lowest BCUT2D eigenvalue weighted by molar-refractivity contribution is 0.0725. The number of hydrogen-bond acceptors (Lipinski definition) is 3. The van der Waals surface area contributed by atoms with Crippen molar-refractivity contribution in [3.8, 4) is 0 Å². The lowest BCUT2D eigenvalue weighted by Crippen LogP contribution is -2.32. The molecule has 4 rings (SSSR count). The Morgan fingerprint density at radius 3 is 2.96 bits per heavy atom. The Morgan fingerprint density at radius 1 is 1.29 bits per heavy atom. The van der Waals surface area contributed by atoms with Crippen molar-refractivity contribution in [3.63, 3.8) is 0 Å². The number of likely N-dealkylation sites (tertiary alicyclic amines) is 1. The van der Waals surface area contributed by atoms with Gasteiger partial charge >= 0.3 is 0 Å². The molecule has 1 aliphatic heterocycles. The predicted octanol–water partition coefficient (Wildman–Crippen LogP) is 3.67. The molecule has 1 saturated heterocycles. The second-order valence-electron chi connectivity index (χ2n) is 6.03. The zero-order valence-corrected chi connectivity index (χ0v) is 14.1. The minimum atomic E-state index is -0.0181. The molecule has 1 fully saturated rings. The molecule has 0 saturated carbocycles. The maximum Gasteiger partial charge on any atom is 0.273 e. The monoisotopic (exact) mass is 340 g/mol. The number of fused-ring (bicyclic) bond motifs is 1. The van der Waals surface area contributed by atoms with Crippen molar-refractivity contribution in [2.75, 3.05) is 6.54 Å². The average molecular weight is 341 g/mol. The second kappa shape index (κ2) is 5.91. The number of rotatable bonds is 2. The van der Waals surface area contributed by atoms with Crippen LogP contribution in [0.3, 0.4) is 0 Å². The predicted molar refractivity (Wildman–Crippen MR) is 92.2 cm³/mol. The van der Waals surface area contributed by atoms with Crippen LogP contribution in [0.15, 0.2) is 42.7 Å².